The topological polar surface area (TPSA) is 54.0 Å². The van der Waals surface area contributed by atoms with Gasteiger partial charge in [-0.1, -0.05) is 13.0 Å². The Bertz CT molecular complexity index is 423. The summed E-state index contributed by atoms with van der Waals surface area (Å²) >= 11 is 1.76. The van der Waals surface area contributed by atoms with E-state index in [0.717, 1.165) is 36.7 Å². The highest BCUT2D eigenvalue weighted by atomic mass is 35.5. The van der Waals surface area contributed by atoms with Crippen molar-refractivity contribution < 1.29 is 4.79 Å². The number of piperidine rings is 1. The fourth-order valence-electron chi connectivity index (χ4n) is 2.33. The van der Waals surface area contributed by atoms with Crippen LogP contribution in [0.25, 0.3) is 0 Å². The molecular weight excluding hydrogens is 341 g/mol. The molecule has 1 aromatic rings. The smallest absolute Gasteiger partial charge is 0.221 e. The van der Waals surface area contributed by atoms with Gasteiger partial charge in [0.25, 0.3) is 0 Å². The SMILES string of the molecule is CC1CNCCC1NC(=O)CCSCc1ccccn1.Cl.Cl. The lowest BCUT2D eigenvalue weighted by Crippen LogP contribution is -2.48. The van der Waals surface area contributed by atoms with Gasteiger partial charge in [-0.2, -0.15) is 11.8 Å². The second-order valence-corrected chi connectivity index (χ2v) is 6.37. The third-order valence-corrected chi connectivity index (χ3v) is 4.57. The van der Waals surface area contributed by atoms with Crippen molar-refractivity contribution in [2.45, 2.75) is 31.6 Å². The molecule has 1 aliphatic heterocycles. The third kappa shape index (κ3) is 7.68. The first-order chi connectivity index (χ1) is 9.75. The first-order valence-corrected chi connectivity index (χ1v) is 8.39. The van der Waals surface area contributed by atoms with E-state index in [0.29, 0.717) is 18.4 Å². The Morgan fingerprint density at radius 3 is 2.95 bits per heavy atom. The number of hydrogen-bond donors (Lipinski definition) is 2. The molecule has 0 radical (unpaired) electrons. The molecule has 0 aliphatic carbocycles. The molecule has 126 valence electrons. The van der Waals surface area contributed by atoms with Gasteiger partial charge < -0.3 is 10.6 Å². The number of pyridine rings is 1. The minimum absolute atomic E-state index is 0. The summed E-state index contributed by atoms with van der Waals surface area (Å²) in [5.74, 6) is 2.42. The molecule has 1 fully saturated rings. The van der Waals surface area contributed by atoms with Crippen LogP contribution in [-0.4, -0.2) is 35.8 Å². The van der Waals surface area contributed by atoms with E-state index in [-0.39, 0.29) is 30.7 Å². The number of nitrogens with one attached hydrogen (secondary N) is 2. The number of thioether (sulfide) groups is 1. The van der Waals surface area contributed by atoms with Crippen molar-refractivity contribution in [3.63, 3.8) is 0 Å². The number of rotatable bonds is 6. The van der Waals surface area contributed by atoms with Crippen molar-refractivity contribution in [2.75, 3.05) is 18.8 Å². The first kappa shape index (κ1) is 21.5. The highest BCUT2D eigenvalue weighted by Crippen LogP contribution is 2.13. The van der Waals surface area contributed by atoms with Crippen molar-refractivity contribution >= 4 is 42.5 Å². The Morgan fingerprint density at radius 2 is 2.27 bits per heavy atom. The number of carbonyl (C=O) groups excluding carboxylic acids is 1. The van der Waals surface area contributed by atoms with Crippen LogP contribution in [0.2, 0.25) is 0 Å². The summed E-state index contributed by atoms with van der Waals surface area (Å²) in [5.41, 5.74) is 1.07. The van der Waals surface area contributed by atoms with Gasteiger partial charge in [0.05, 0.1) is 5.69 Å². The molecule has 2 unspecified atom stereocenters. The lowest BCUT2D eigenvalue weighted by molar-refractivity contribution is -0.121. The lowest BCUT2D eigenvalue weighted by atomic mass is 9.95. The molecule has 22 heavy (non-hydrogen) atoms. The van der Waals surface area contributed by atoms with Gasteiger partial charge in [0.1, 0.15) is 0 Å². The second-order valence-electron chi connectivity index (χ2n) is 5.27. The Kier molecular flexibility index (Phi) is 11.7. The van der Waals surface area contributed by atoms with Crippen molar-refractivity contribution in [3.05, 3.63) is 30.1 Å². The molecule has 1 aliphatic rings. The number of carbonyl (C=O) groups is 1. The maximum Gasteiger partial charge on any atom is 0.221 e. The van der Waals surface area contributed by atoms with Gasteiger partial charge in [-0.05, 0) is 37.6 Å². The Morgan fingerprint density at radius 1 is 1.45 bits per heavy atom. The summed E-state index contributed by atoms with van der Waals surface area (Å²) in [6.07, 6.45) is 3.43. The number of aromatic nitrogens is 1. The van der Waals surface area contributed by atoms with E-state index in [2.05, 4.69) is 22.5 Å². The van der Waals surface area contributed by atoms with Crippen LogP contribution >= 0.6 is 36.6 Å². The van der Waals surface area contributed by atoms with Gasteiger partial charge in [-0.25, -0.2) is 0 Å². The highest BCUT2D eigenvalue weighted by molar-refractivity contribution is 7.98. The standard InChI is InChI=1S/C15H23N3OS.2ClH/c1-12-10-16-8-5-14(12)18-15(19)6-9-20-11-13-4-2-3-7-17-13;;/h2-4,7,12,14,16H,5-6,8-11H2,1H3,(H,18,19);2*1H. The molecule has 2 rings (SSSR count). The molecule has 1 saturated heterocycles. The lowest BCUT2D eigenvalue weighted by Gasteiger charge is -2.30. The van der Waals surface area contributed by atoms with E-state index < -0.39 is 0 Å². The minimum atomic E-state index is 0. The van der Waals surface area contributed by atoms with Gasteiger partial charge in [0, 0.05) is 30.2 Å². The first-order valence-electron chi connectivity index (χ1n) is 7.23. The quantitative estimate of drug-likeness (QED) is 0.760. The van der Waals surface area contributed by atoms with Gasteiger partial charge in [0.2, 0.25) is 5.91 Å². The second kappa shape index (κ2) is 12.0. The Balaban J connectivity index is 0.00000220. The van der Waals surface area contributed by atoms with Crippen molar-refractivity contribution in [1.82, 2.24) is 15.6 Å². The summed E-state index contributed by atoms with van der Waals surface area (Å²) in [7, 11) is 0. The van der Waals surface area contributed by atoms with E-state index in [9.17, 15) is 4.79 Å². The average molecular weight is 366 g/mol. The van der Waals surface area contributed by atoms with E-state index in [1.807, 2.05) is 18.2 Å². The molecular formula is C15H25Cl2N3OS. The monoisotopic (exact) mass is 365 g/mol. The van der Waals surface area contributed by atoms with Crippen LogP contribution in [0.3, 0.4) is 0 Å². The molecule has 4 nitrogen and oxygen atoms in total. The molecule has 0 bridgehead atoms. The molecule has 0 aromatic carbocycles. The third-order valence-electron chi connectivity index (χ3n) is 3.58. The molecule has 1 amide bonds. The maximum atomic E-state index is 11.9. The predicted octanol–water partition coefficient (Wildman–Crippen LogP) is 2.66. The molecule has 1 aromatic heterocycles. The van der Waals surface area contributed by atoms with Gasteiger partial charge in [0.15, 0.2) is 0 Å². The summed E-state index contributed by atoms with van der Waals surface area (Å²) in [6.45, 7) is 4.19. The zero-order chi connectivity index (χ0) is 14.2. The van der Waals surface area contributed by atoms with Crippen LogP contribution in [0.5, 0.6) is 0 Å². The fraction of sp³-hybridized carbons (Fsp3) is 0.600. The summed E-state index contributed by atoms with van der Waals surface area (Å²) < 4.78 is 0. The van der Waals surface area contributed by atoms with Crippen LogP contribution < -0.4 is 10.6 Å². The summed E-state index contributed by atoms with van der Waals surface area (Å²) in [4.78, 5) is 16.2. The molecule has 2 N–H and O–H groups in total. The predicted molar refractivity (Wildman–Crippen MR) is 98.1 cm³/mol. The Labute approximate surface area is 149 Å². The van der Waals surface area contributed by atoms with Gasteiger partial charge >= 0.3 is 0 Å². The molecule has 7 heteroatoms. The van der Waals surface area contributed by atoms with E-state index in [1.54, 1.807) is 18.0 Å². The summed E-state index contributed by atoms with van der Waals surface area (Å²) in [6, 6.07) is 6.27. The number of nitrogens with zero attached hydrogens (tertiary/aromatic N) is 1. The van der Waals surface area contributed by atoms with Crippen molar-refractivity contribution in [2.24, 2.45) is 5.92 Å². The number of hydrogen-bond acceptors (Lipinski definition) is 4. The Hall–Kier alpha value is -0.490. The van der Waals surface area contributed by atoms with E-state index in [4.69, 9.17) is 0 Å². The minimum Gasteiger partial charge on any atom is -0.353 e. The van der Waals surface area contributed by atoms with Crippen LogP contribution in [0.1, 0.15) is 25.5 Å². The normalized spacial score (nSPS) is 20.4. The number of halogens is 2. The van der Waals surface area contributed by atoms with Crippen LogP contribution in [-0.2, 0) is 10.5 Å². The molecule has 2 heterocycles. The van der Waals surface area contributed by atoms with Crippen LogP contribution in [0.4, 0.5) is 0 Å². The van der Waals surface area contributed by atoms with Crippen LogP contribution in [0.15, 0.2) is 24.4 Å². The largest absolute Gasteiger partial charge is 0.353 e. The highest BCUT2D eigenvalue weighted by Gasteiger charge is 2.22. The molecule has 0 saturated carbocycles. The van der Waals surface area contributed by atoms with E-state index in [1.165, 1.54) is 0 Å². The number of amides is 1. The maximum absolute atomic E-state index is 11.9. The molecule has 0 spiro atoms. The average Bonchev–Trinajstić information content (AvgIpc) is 2.47. The molecule has 2 atom stereocenters. The zero-order valence-electron chi connectivity index (χ0n) is 12.8. The van der Waals surface area contributed by atoms with Gasteiger partial charge in [-0.3, -0.25) is 9.78 Å². The van der Waals surface area contributed by atoms with Crippen molar-refractivity contribution in [3.8, 4) is 0 Å². The van der Waals surface area contributed by atoms with Gasteiger partial charge in [-0.15, -0.1) is 24.8 Å². The zero-order valence-corrected chi connectivity index (χ0v) is 15.2. The van der Waals surface area contributed by atoms with Crippen molar-refractivity contribution in [1.29, 1.82) is 0 Å². The van der Waals surface area contributed by atoms with E-state index >= 15 is 0 Å². The summed E-state index contributed by atoms with van der Waals surface area (Å²) in [5, 5.41) is 6.51. The fourth-order valence-corrected chi connectivity index (χ4v) is 3.19. The van der Waals surface area contributed by atoms with Crippen LogP contribution in [0, 0.1) is 5.92 Å².